The summed E-state index contributed by atoms with van der Waals surface area (Å²) in [5.41, 5.74) is 2.57. The van der Waals surface area contributed by atoms with E-state index >= 15 is 0 Å². The van der Waals surface area contributed by atoms with Gasteiger partial charge in [-0.2, -0.15) is 0 Å². The fourth-order valence-electron chi connectivity index (χ4n) is 2.05. The quantitative estimate of drug-likeness (QED) is 0.466. The van der Waals surface area contributed by atoms with Gasteiger partial charge in [0.2, 0.25) is 11.8 Å². The molecular formula is C12H16N4O2. The van der Waals surface area contributed by atoms with E-state index in [0.717, 1.165) is 5.56 Å². The predicted octanol–water partition coefficient (Wildman–Crippen LogP) is 0.652. The van der Waals surface area contributed by atoms with Gasteiger partial charge in [-0.3, -0.25) is 14.5 Å². The van der Waals surface area contributed by atoms with Crippen LogP contribution in [0.5, 0.6) is 0 Å². The number of nitrogens with one attached hydrogen (secondary N) is 1. The Bertz CT molecular complexity index is 499. The van der Waals surface area contributed by atoms with Crippen LogP contribution in [0.4, 0.5) is 5.82 Å². The second-order valence-electron chi connectivity index (χ2n) is 5.00. The average Bonchev–Trinajstić information content (AvgIpc) is 2.52. The summed E-state index contributed by atoms with van der Waals surface area (Å²) in [5.74, 6) is 5.51. The van der Waals surface area contributed by atoms with Gasteiger partial charge in [0, 0.05) is 18.2 Å². The minimum Gasteiger partial charge on any atom is -0.308 e. The van der Waals surface area contributed by atoms with E-state index in [-0.39, 0.29) is 24.8 Å². The van der Waals surface area contributed by atoms with Crippen LogP contribution in [0.1, 0.15) is 25.8 Å². The van der Waals surface area contributed by atoms with Gasteiger partial charge in [-0.25, -0.2) is 10.8 Å². The van der Waals surface area contributed by atoms with Crippen LogP contribution in [-0.2, 0) is 16.1 Å². The third kappa shape index (κ3) is 2.06. The Balaban J connectivity index is 2.24. The minimum atomic E-state index is -0.615. The van der Waals surface area contributed by atoms with Crippen LogP contribution in [0.2, 0.25) is 0 Å². The third-order valence-electron chi connectivity index (χ3n) is 3.07. The molecule has 3 N–H and O–H groups in total. The standard InChI is InChI=1S/C12H16N4O2/c1-12(2)6-9(17)16(11(12)18)7-8-4-3-5-14-10(8)15-13/h3-5H,6-7,13H2,1-2H3,(H,14,15). The number of carbonyl (C=O) groups is 2. The monoisotopic (exact) mass is 248 g/mol. The fraction of sp³-hybridized carbons (Fsp3) is 0.417. The largest absolute Gasteiger partial charge is 0.308 e. The van der Waals surface area contributed by atoms with Gasteiger partial charge >= 0.3 is 0 Å². The SMILES string of the molecule is CC1(C)CC(=O)N(Cc2cccnc2NN)C1=O. The van der Waals surface area contributed by atoms with Crippen molar-refractivity contribution in [1.82, 2.24) is 9.88 Å². The summed E-state index contributed by atoms with van der Waals surface area (Å²) in [7, 11) is 0. The Morgan fingerprint density at radius 3 is 2.78 bits per heavy atom. The molecule has 2 amide bonds. The molecule has 0 spiro atoms. The van der Waals surface area contributed by atoms with Gasteiger partial charge in [0.25, 0.3) is 0 Å². The van der Waals surface area contributed by atoms with Crippen molar-refractivity contribution in [2.24, 2.45) is 11.3 Å². The van der Waals surface area contributed by atoms with Crippen LogP contribution in [0.3, 0.4) is 0 Å². The Morgan fingerprint density at radius 1 is 1.50 bits per heavy atom. The first kappa shape index (κ1) is 12.5. The molecule has 6 heteroatoms. The maximum Gasteiger partial charge on any atom is 0.235 e. The molecule has 0 radical (unpaired) electrons. The molecule has 0 aliphatic carbocycles. The highest BCUT2D eigenvalue weighted by atomic mass is 16.2. The van der Waals surface area contributed by atoms with Gasteiger partial charge in [-0.05, 0) is 6.07 Å². The summed E-state index contributed by atoms with van der Waals surface area (Å²) in [4.78, 5) is 29.2. The molecule has 1 aliphatic rings. The van der Waals surface area contributed by atoms with Crippen LogP contribution >= 0.6 is 0 Å². The van der Waals surface area contributed by atoms with Crippen molar-refractivity contribution in [2.75, 3.05) is 5.43 Å². The van der Waals surface area contributed by atoms with E-state index in [1.807, 2.05) is 0 Å². The lowest BCUT2D eigenvalue weighted by atomic mass is 9.92. The second kappa shape index (κ2) is 4.38. The van der Waals surface area contributed by atoms with E-state index < -0.39 is 5.41 Å². The van der Waals surface area contributed by atoms with Crippen molar-refractivity contribution in [2.45, 2.75) is 26.8 Å². The third-order valence-corrected chi connectivity index (χ3v) is 3.07. The number of nitrogens with two attached hydrogens (primary N) is 1. The first-order valence-electron chi connectivity index (χ1n) is 5.71. The Kier molecular flexibility index (Phi) is 3.04. The number of anilines is 1. The van der Waals surface area contributed by atoms with Crippen LogP contribution < -0.4 is 11.3 Å². The molecule has 2 heterocycles. The number of aromatic nitrogens is 1. The van der Waals surface area contributed by atoms with E-state index in [9.17, 15) is 9.59 Å². The molecule has 0 saturated carbocycles. The molecule has 0 bridgehead atoms. The lowest BCUT2D eigenvalue weighted by molar-refractivity contribution is -0.141. The lowest BCUT2D eigenvalue weighted by Gasteiger charge is -2.18. The van der Waals surface area contributed by atoms with Crippen molar-refractivity contribution >= 4 is 17.6 Å². The fourth-order valence-corrected chi connectivity index (χ4v) is 2.05. The van der Waals surface area contributed by atoms with Crippen molar-refractivity contribution in [3.05, 3.63) is 23.9 Å². The molecule has 1 aromatic rings. The van der Waals surface area contributed by atoms with Crippen molar-refractivity contribution < 1.29 is 9.59 Å². The van der Waals surface area contributed by atoms with Gasteiger partial charge in [0.05, 0.1) is 12.0 Å². The summed E-state index contributed by atoms with van der Waals surface area (Å²) in [5, 5.41) is 0. The normalized spacial score (nSPS) is 18.3. The highest BCUT2D eigenvalue weighted by Crippen LogP contribution is 2.33. The molecule has 0 unspecified atom stereocenters. The number of imide groups is 1. The maximum atomic E-state index is 12.1. The molecule has 1 saturated heterocycles. The minimum absolute atomic E-state index is 0.153. The predicted molar refractivity (Wildman–Crippen MR) is 66.0 cm³/mol. The zero-order valence-electron chi connectivity index (χ0n) is 10.4. The molecule has 1 fully saturated rings. The number of hydrogen-bond donors (Lipinski definition) is 2. The molecule has 18 heavy (non-hydrogen) atoms. The zero-order chi connectivity index (χ0) is 13.3. The summed E-state index contributed by atoms with van der Waals surface area (Å²) in [6.45, 7) is 3.76. The van der Waals surface area contributed by atoms with Crippen molar-refractivity contribution in [1.29, 1.82) is 0 Å². The van der Waals surface area contributed by atoms with E-state index in [4.69, 9.17) is 5.84 Å². The summed E-state index contributed by atoms with van der Waals surface area (Å²) in [6.07, 6.45) is 1.84. The Hall–Kier alpha value is -1.95. The molecular weight excluding hydrogens is 232 g/mol. The smallest absolute Gasteiger partial charge is 0.235 e. The number of nitrogen functional groups attached to an aromatic ring is 1. The number of pyridine rings is 1. The summed E-state index contributed by atoms with van der Waals surface area (Å²) in [6, 6.07) is 3.53. The van der Waals surface area contributed by atoms with Crippen molar-refractivity contribution in [3.63, 3.8) is 0 Å². The Labute approximate surface area is 105 Å². The van der Waals surface area contributed by atoms with Crippen LogP contribution in [0.15, 0.2) is 18.3 Å². The van der Waals surface area contributed by atoms with Gasteiger partial charge in [-0.1, -0.05) is 19.9 Å². The zero-order valence-corrected chi connectivity index (χ0v) is 10.4. The molecule has 1 aliphatic heterocycles. The molecule has 0 atom stereocenters. The molecule has 2 rings (SSSR count). The number of hydrogen-bond acceptors (Lipinski definition) is 5. The number of nitrogens with zero attached hydrogens (tertiary/aromatic N) is 2. The average molecular weight is 248 g/mol. The van der Waals surface area contributed by atoms with Crippen LogP contribution in [-0.4, -0.2) is 21.7 Å². The van der Waals surface area contributed by atoms with Gasteiger partial charge in [0.15, 0.2) is 0 Å². The molecule has 96 valence electrons. The van der Waals surface area contributed by atoms with Crippen molar-refractivity contribution in [3.8, 4) is 0 Å². The lowest BCUT2D eigenvalue weighted by Crippen LogP contribution is -2.33. The number of rotatable bonds is 3. The number of hydrazine groups is 1. The van der Waals surface area contributed by atoms with E-state index in [0.29, 0.717) is 5.82 Å². The summed E-state index contributed by atoms with van der Waals surface area (Å²) < 4.78 is 0. The first-order chi connectivity index (χ1) is 8.45. The molecule has 0 aromatic carbocycles. The van der Waals surface area contributed by atoms with Gasteiger partial charge in [0.1, 0.15) is 5.82 Å². The highest BCUT2D eigenvalue weighted by molar-refractivity contribution is 6.05. The van der Waals surface area contributed by atoms with E-state index in [1.165, 1.54) is 4.90 Å². The maximum absolute atomic E-state index is 12.1. The van der Waals surface area contributed by atoms with Crippen LogP contribution in [0.25, 0.3) is 0 Å². The van der Waals surface area contributed by atoms with Gasteiger partial charge < -0.3 is 5.43 Å². The topological polar surface area (TPSA) is 88.3 Å². The highest BCUT2D eigenvalue weighted by Gasteiger charge is 2.44. The molecule has 6 nitrogen and oxygen atoms in total. The number of carbonyl (C=O) groups excluding carboxylic acids is 2. The second-order valence-corrected chi connectivity index (χ2v) is 5.00. The number of amides is 2. The number of likely N-dealkylation sites (tertiary alicyclic amines) is 1. The van der Waals surface area contributed by atoms with E-state index in [2.05, 4.69) is 10.4 Å². The van der Waals surface area contributed by atoms with Gasteiger partial charge in [-0.15, -0.1) is 0 Å². The Morgan fingerprint density at radius 2 is 2.22 bits per heavy atom. The molecule has 1 aromatic heterocycles. The van der Waals surface area contributed by atoms with E-state index in [1.54, 1.807) is 32.2 Å². The summed E-state index contributed by atoms with van der Waals surface area (Å²) >= 11 is 0. The van der Waals surface area contributed by atoms with Crippen LogP contribution in [0, 0.1) is 5.41 Å². The first-order valence-corrected chi connectivity index (χ1v) is 5.71.